The van der Waals surface area contributed by atoms with Gasteiger partial charge in [0.25, 0.3) is 17.1 Å². The van der Waals surface area contributed by atoms with Gasteiger partial charge in [-0.1, -0.05) is 121 Å². The third-order valence-electron chi connectivity index (χ3n) is 7.02. The van der Waals surface area contributed by atoms with Crippen LogP contribution in [0.4, 0.5) is 0 Å². The molecular weight excluding hydrogens is 490 g/mol. The van der Waals surface area contributed by atoms with Gasteiger partial charge in [-0.2, -0.15) is 0 Å². The fourth-order valence-electron chi connectivity index (χ4n) is 5.83. The average molecular weight is 518 g/mol. The van der Waals surface area contributed by atoms with Crippen molar-refractivity contribution in [1.82, 2.24) is 9.34 Å². The lowest BCUT2D eigenvalue weighted by Crippen LogP contribution is -2.70. The highest BCUT2D eigenvalue weighted by molar-refractivity contribution is 7.43. The second kappa shape index (κ2) is 10.5. The van der Waals surface area contributed by atoms with Crippen LogP contribution in [0.5, 0.6) is 0 Å². The van der Waals surface area contributed by atoms with Crippen molar-refractivity contribution in [1.29, 1.82) is 0 Å². The summed E-state index contributed by atoms with van der Waals surface area (Å²) in [6, 6.07) is 38.9. The summed E-state index contributed by atoms with van der Waals surface area (Å²) in [5, 5.41) is 0. The Bertz CT molecular complexity index is 1080. The van der Waals surface area contributed by atoms with E-state index in [1.165, 1.54) is 0 Å². The van der Waals surface area contributed by atoms with Crippen molar-refractivity contribution in [2.24, 2.45) is 0 Å². The van der Waals surface area contributed by atoms with Crippen molar-refractivity contribution in [2.45, 2.75) is 11.1 Å². The Hall–Kier alpha value is -2.50. The van der Waals surface area contributed by atoms with E-state index in [-0.39, 0.29) is 13.1 Å². The molecule has 1 saturated heterocycles. The maximum Gasteiger partial charge on any atom is 0.254 e. The van der Waals surface area contributed by atoms with E-state index in [2.05, 4.69) is 0 Å². The summed E-state index contributed by atoms with van der Waals surface area (Å²) >= 11 is 0. The molecule has 5 rings (SSSR count). The summed E-state index contributed by atoms with van der Waals surface area (Å²) in [4.78, 5) is 44.0. The molecule has 1 heterocycles. The molecule has 0 unspecified atom stereocenters. The Balaban J connectivity index is 2.06. The molecule has 4 aromatic carbocycles. The van der Waals surface area contributed by atoms with Crippen molar-refractivity contribution >= 4 is 17.1 Å². The lowest BCUT2D eigenvalue weighted by molar-refractivity contribution is -0.00968. The number of rotatable bonds is 6. The molecule has 1 aliphatic rings. The topological polar surface area (TPSA) is 87.4 Å². The minimum Gasteiger partial charge on any atom is -0.338 e. The number of piperazine rings is 1. The molecule has 1 fully saturated rings. The molecule has 4 N–H and O–H groups in total. The van der Waals surface area contributed by atoms with Crippen molar-refractivity contribution in [3.05, 3.63) is 144 Å². The summed E-state index contributed by atoms with van der Waals surface area (Å²) in [5.41, 5.74) is 0.749. The molecule has 0 amide bonds. The molecule has 6 nitrogen and oxygen atoms in total. The van der Waals surface area contributed by atoms with E-state index >= 15 is 0 Å². The van der Waals surface area contributed by atoms with E-state index in [9.17, 15) is 19.6 Å². The number of hydrogen-bond donors (Lipinski definition) is 4. The molecule has 0 radical (unpaired) electrons. The second-order valence-corrected chi connectivity index (χ2v) is 10.7. The van der Waals surface area contributed by atoms with Gasteiger partial charge in [0.2, 0.25) is 0 Å². The van der Waals surface area contributed by atoms with Crippen molar-refractivity contribution in [3.8, 4) is 0 Å². The molecule has 0 bridgehead atoms. The molecule has 0 aliphatic carbocycles. The second-order valence-electron chi connectivity index (χ2n) is 8.67. The first-order valence-corrected chi connectivity index (χ1v) is 14.1. The van der Waals surface area contributed by atoms with E-state index in [0.717, 1.165) is 22.3 Å². The number of benzene rings is 4. The molecule has 1 aliphatic heterocycles. The predicted octanol–water partition coefficient (Wildman–Crippen LogP) is 4.91. The van der Waals surface area contributed by atoms with E-state index in [1.54, 1.807) is 9.34 Å². The van der Waals surface area contributed by atoms with Gasteiger partial charge >= 0.3 is 0 Å². The molecule has 0 spiro atoms. The SMILES string of the molecule is OP(O)N1CCN(P(O)O)C(c2ccccc2)(c2ccccc2)C1(c1ccccc1)c1ccccc1. The molecular formula is C28H28N2O4P2. The van der Waals surface area contributed by atoms with Gasteiger partial charge in [-0.15, -0.1) is 0 Å². The Morgan fingerprint density at radius 3 is 0.833 bits per heavy atom. The quantitative estimate of drug-likeness (QED) is 0.271. The van der Waals surface area contributed by atoms with E-state index in [4.69, 9.17) is 0 Å². The normalized spacial score (nSPS) is 17.9. The van der Waals surface area contributed by atoms with Crippen LogP contribution in [-0.4, -0.2) is 42.0 Å². The molecule has 184 valence electrons. The highest BCUT2D eigenvalue weighted by atomic mass is 31.2. The molecule has 0 aromatic heterocycles. The fraction of sp³-hybridized carbons (Fsp3) is 0.143. The standard InChI is InChI=1S/C28H28N2O4P2/c31-35(32)29-21-22-30(36(33)34)28(25-17-9-3-10-18-25,26-19-11-4-12-20-26)27(29,23-13-5-1-6-14-23)24-15-7-2-8-16-24/h1-20,31-34H,21-22H2. The summed E-state index contributed by atoms with van der Waals surface area (Å²) in [7, 11) is -5.16. The van der Waals surface area contributed by atoms with Gasteiger partial charge in [-0.25, -0.2) is 9.34 Å². The van der Waals surface area contributed by atoms with Gasteiger partial charge in [-0.05, 0) is 22.3 Å². The monoisotopic (exact) mass is 518 g/mol. The summed E-state index contributed by atoms with van der Waals surface area (Å²) in [5.74, 6) is 0. The van der Waals surface area contributed by atoms with Crippen molar-refractivity contribution in [3.63, 3.8) is 0 Å². The van der Waals surface area contributed by atoms with E-state index in [0.29, 0.717) is 0 Å². The van der Waals surface area contributed by atoms with Gasteiger partial charge in [0, 0.05) is 13.1 Å². The van der Waals surface area contributed by atoms with Gasteiger partial charge in [-0.3, -0.25) is 0 Å². The van der Waals surface area contributed by atoms with Crippen LogP contribution in [-0.2, 0) is 11.1 Å². The van der Waals surface area contributed by atoms with Crippen molar-refractivity contribution in [2.75, 3.05) is 13.1 Å². The Kier molecular flexibility index (Phi) is 7.32. The summed E-state index contributed by atoms with van der Waals surface area (Å²) in [6.07, 6.45) is 0. The van der Waals surface area contributed by atoms with Crippen molar-refractivity contribution < 1.29 is 19.6 Å². The van der Waals surface area contributed by atoms with Crippen LogP contribution in [0, 0.1) is 0 Å². The first kappa shape index (κ1) is 25.2. The Morgan fingerprint density at radius 1 is 0.417 bits per heavy atom. The molecule has 0 atom stereocenters. The third kappa shape index (κ3) is 3.83. The average Bonchev–Trinajstić information content (AvgIpc) is 2.93. The van der Waals surface area contributed by atoms with Crippen LogP contribution >= 0.6 is 17.1 Å². The van der Waals surface area contributed by atoms with Crippen LogP contribution in [0.3, 0.4) is 0 Å². The van der Waals surface area contributed by atoms with E-state index in [1.807, 2.05) is 121 Å². The minimum atomic E-state index is -2.58. The van der Waals surface area contributed by atoms with Crippen LogP contribution in [0.15, 0.2) is 121 Å². The van der Waals surface area contributed by atoms with E-state index < -0.39 is 28.1 Å². The van der Waals surface area contributed by atoms with Crippen LogP contribution in [0.2, 0.25) is 0 Å². The van der Waals surface area contributed by atoms with Gasteiger partial charge in [0.1, 0.15) is 11.1 Å². The molecule has 0 saturated carbocycles. The van der Waals surface area contributed by atoms with Crippen LogP contribution in [0.25, 0.3) is 0 Å². The van der Waals surface area contributed by atoms with Gasteiger partial charge in [0.15, 0.2) is 0 Å². The maximum atomic E-state index is 11.0. The summed E-state index contributed by atoms with van der Waals surface area (Å²) in [6.45, 7) is 0.424. The Morgan fingerprint density at radius 2 is 0.639 bits per heavy atom. The molecule has 8 heteroatoms. The summed E-state index contributed by atoms with van der Waals surface area (Å²) < 4.78 is 3.45. The largest absolute Gasteiger partial charge is 0.338 e. The zero-order valence-electron chi connectivity index (χ0n) is 19.5. The third-order valence-corrected chi connectivity index (χ3v) is 8.88. The lowest BCUT2D eigenvalue weighted by Gasteiger charge is -2.64. The van der Waals surface area contributed by atoms with Gasteiger partial charge in [0.05, 0.1) is 0 Å². The lowest BCUT2D eigenvalue weighted by atomic mass is 9.60. The number of nitrogens with zero attached hydrogens (tertiary/aromatic N) is 2. The smallest absolute Gasteiger partial charge is 0.254 e. The highest BCUT2D eigenvalue weighted by Crippen LogP contribution is 2.65. The molecule has 4 aromatic rings. The Labute approximate surface area is 213 Å². The fourth-order valence-corrected chi connectivity index (χ4v) is 7.65. The van der Waals surface area contributed by atoms with Crippen LogP contribution in [0.1, 0.15) is 22.3 Å². The first-order chi connectivity index (χ1) is 17.5. The molecule has 36 heavy (non-hydrogen) atoms. The zero-order chi connectivity index (χ0) is 25.2. The predicted molar refractivity (Wildman–Crippen MR) is 143 cm³/mol. The zero-order valence-corrected chi connectivity index (χ0v) is 21.3. The first-order valence-electron chi connectivity index (χ1n) is 11.7. The van der Waals surface area contributed by atoms with Crippen LogP contribution < -0.4 is 0 Å². The number of hydrogen-bond acceptors (Lipinski definition) is 6. The van der Waals surface area contributed by atoms with Gasteiger partial charge < -0.3 is 19.6 Å². The highest BCUT2D eigenvalue weighted by Gasteiger charge is 2.66. The maximum absolute atomic E-state index is 11.0. The minimum absolute atomic E-state index is 0.212.